The summed E-state index contributed by atoms with van der Waals surface area (Å²) in [6.45, 7) is 0. The average Bonchev–Trinajstić information content (AvgIpc) is 2.34. The third-order valence-electron chi connectivity index (χ3n) is 3.25. The van der Waals surface area contributed by atoms with E-state index >= 15 is 0 Å². The van der Waals surface area contributed by atoms with Crippen molar-refractivity contribution >= 4 is 0 Å². The summed E-state index contributed by atoms with van der Waals surface area (Å²) in [6.07, 6.45) is 7.04. The van der Waals surface area contributed by atoms with E-state index in [4.69, 9.17) is 0 Å². The predicted molar refractivity (Wildman–Crippen MR) is 68.7 cm³/mol. The molecule has 0 saturated heterocycles. The van der Waals surface area contributed by atoms with Crippen molar-refractivity contribution in [1.29, 1.82) is 0 Å². The fourth-order valence-corrected chi connectivity index (χ4v) is 10.7. The molecule has 1 aliphatic carbocycles. The maximum absolute atomic E-state index is 12.0. The molecule has 0 radical (unpaired) electrons. The Morgan fingerprint density at radius 1 is 1.07 bits per heavy atom. The monoisotopic (exact) mass is 384 g/mol. The Morgan fingerprint density at radius 2 is 1.53 bits per heavy atom. The zero-order chi connectivity index (χ0) is 12.4. The number of allylic oxidation sites excluding steroid dienone is 4. The first-order valence-electron chi connectivity index (χ1n) is 5.14. The van der Waals surface area contributed by atoms with Gasteiger partial charge in [-0.15, -0.1) is 0 Å². The zero-order valence-electron chi connectivity index (χ0n) is 11.2. The second-order valence-corrected chi connectivity index (χ2v) is 96.8. The van der Waals surface area contributed by atoms with E-state index in [-0.39, 0.29) is 0 Å². The first-order valence-corrected chi connectivity index (χ1v) is 28.5. The zero-order valence-corrected chi connectivity index (χ0v) is 14.1. The quantitative estimate of drug-likeness (QED) is 0.564. The number of nitrogens with zero attached hydrogens (tertiary/aromatic N) is 1. The minimum absolute atomic E-state index is 0.836. The van der Waals surface area contributed by atoms with Crippen LogP contribution in [0.3, 0.4) is 0 Å². The van der Waals surface area contributed by atoms with Crippen LogP contribution in [0.25, 0.3) is 0 Å². The van der Waals surface area contributed by atoms with Gasteiger partial charge in [-0.05, 0) is 0 Å². The number of hydrogen-bond acceptors (Lipinski definition) is 2. The topological polar surface area (TPSA) is 29.4 Å². The van der Waals surface area contributed by atoms with Gasteiger partial charge in [0.05, 0.1) is 0 Å². The van der Waals surface area contributed by atoms with Crippen molar-refractivity contribution in [2.75, 3.05) is 0 Å². The molecule has 0 amide bonds. The van der Waals surface area contributed by atoms with Crippen LogP contribution in [0.5, 0.6) is 0 Å². The number of nitroso groups, excluding NO2 is 1. The molecule has 0 bridgehead atoms. The molecule has 0 aromatic heterocycles. The molecule has 0 aromatic carbocycles. The van der Waals surface area contributed by atoms with E-state index in [2.05, 4.69) is 53.1 Å². The summed E-state index contributed by atoms with van der Waals surface area (Å²) in [7, 11) is -5.40. The summed E-state index contributed by atoms with van der Waals surface area (Å²) in [5.41, 5.74) is 0. The Labute approximate surface area is 84.5 Å². The van der Waals surface area contributed by atoms with E-state index in [1.807, 2.05) is 6.08 Å². The van der Waals surface area contributed by atoms with E-state index in [0.717, 1.165) is 6.42 Å². The van der Waals surface area contributed by atoms with Crippen molar-refractivity contribution in [1.82, 2.24) is 0 Å². The van der Waals surface area contributed by atoms with E-state index in [1.54, 1.807) is 0 Å². The fraction of sp³-hybridized carbons (Fsp3) is 0.667. The van der Waals surface area contributed by atoms with Gasteiger partial charge in [0.1, 0.15) is 0 Å². The second kappa shape index (κ2) is 1.17. The van der Waals surface area contributed by atoms with Crippen molar-refractivity contribution in [3.8, 4) is 0 Å². The Hall–Kier alpha value is -0.232. The normalized spacial score (nSPS) is 30.9. The molecule has 2 nitrogen and oxygen atoms in total. The molecule has 0 spiro atoms. The summed E-state index contributed by atoms with van der Waals surface area (Å²) in [5.74, 6) is 0. The summed E-state index contributed by atoms with van der Waals surface area (Å²) >= 11 is 0. The van der Waals surface area contributed by atoms with Gasteiger partial charge in [0.25, 0.3) is 0 Å². The van der Waals surface area contributed by atoms with E-state index in [9.17, 15) is 4.91 Å². The summed E-state index contributed by atoms with van der Waals surface area (Å²) in [5, 5.41) is 14.7. The summed E-state index contributed by atoms with van der Waals surface area (Å²) < 4.78 is 5.05. The van der Waals surface area contributed by atoms with Crippen LogP contribution in [0.1, 0.15) is 6.42 Å². The van der Waals surface area contributed by atoms with Gasteiger partial charge in [-0.25, -0.2) is 0 Å². The van der Waals surface area contributed by atoms with Gasteiger partial charge >= 0.3 is 84.5 Å². The van der Waals surface area contributed by atoms with Gasteiger partial charge in [0.15, 0.2) is 0 Å². The molecule has 15 heavy (non-hydrogen) atoms. The first-order chi connectivity index (χ1) is 5.79. The first kappa shape index (κ1) is 12.8. The third-order valence-corrected chi connectivity index (χ3v) is 22.4. The van der Waals surface area contributed by atoms with Gasteiger partial charge < -0.3 is 0 Å². The van der Waals surface area contributed by atoms with Gasteiger partial charge in [0.2, 0.25) is 0 Å². The number of hydrogen-bond donors (Lipinski definition) is 0. The molecule has 0 fully saturated rings. The van der Waals surface area contributed by atoms with E-state index in [0.29, 0.717) is 0 Å². The van der Waals surface area contributed by atoms with Crippen molar-refractivity contribution < 1.29 is 10.1 Å². The molecule has 0 atom stereocenters. The Kier molecular flexibility index (Phi) is 1.00. The molecule has 0 saturated carbocycles. The Morgan fingerprint density at radius 3 is 1.80 bits per heavy atom. The van der Waals surface area contributed by atoms with Crippen molar-refractivity contribution in [2.45, 2.75) is 43.6 Å². The van der Waals surface area contributed by atoms with Crippen LogP contribution in [-0.4, -0.2) is 0 Å². The van der Waals surface area contributed by atoms with Crippen molar-refractivity contribution in [3.63, 3.8) is 0 Å². The molecule has 1 rings (SSSR count). The molecular weight excluding hydrogens is 358 g/mol. The fourth-order valence-electron chi connectivity index (χ4n) is 1.60. The molecule has 0 unspecified atom stereocenters. The van der Waals surface area contributed by atoms with Gasteiger partial charge in [-0.3, -0.25) is 0 Å². The van der Waals surface area contributed by atoms with Crippen LogP contribution in [-0.2, 0) is 10.1 Å². The third kappa shape index (κ3) is 2.01. The molecule has 0 N–H and O–H groups in total. The predicted octanol–water partition coefficient (Wildman–Crippen LogP) is 5.68. The van der Waals surface area contributed by atoms with Gasteiger partial charge in [-0.1, -0.05) is 0 Å². The second-order valence-electron chi connectivity index (χ2n) is 12.7. The summed E-state index contributed by atoms with van der Waals surface area (Å²) in [6, 6.07) is 0. The Bertz CT molecular complexity index is 479. The SMILES string of the molecule is [CH3][W]([CH3])([CH3])([CH3])([CH3])([CH3])([CH3])([N]=O)[C]1=CC=CC1. The van der Waals surface area contributed by atoms with Crippen LogP contribution in [0.15, 0.2) is 25.9 Å². The maximum atomic E-state index is 12.0. The van der Waals surface area contributed by atoms with Crippen molar-refractivity contribution in [2.24, 2.45) is 3.74 Å². The number of rotatable bonds is 2. The standard InChI is InChI=1S/C5H5.7CH3.NO.W/c1-2-4-5-3-1;;;;;;;;1-2;/h1-3H,4H2;7*1H3;;/q;;;;;;;;-1;+1. The van der Waals surface area contributed by atoms with E-state index < -0.39 is 10.1 Å². The molecule has 0 aliphatic heterocycles. The van der Waals surface area contributed by atoms with Crippen LogP contribution >= 0.6 is 0 Å². The van der Waals surface area contributed by atoms with Crippen LogP contribution in [0.2, 0.25) is 37.2 Å². The molecule has 0 heterocycles. The molecule has 3 heteroatoms. The Balaban J connectivity index is 4.09. The van der Waals surface area contributed by atoms with Gasteiger partial charge in [0, 0.05) is 0 Å². The molecule has 0 aromatic rings. The minimum atomic E-state index is -5.40. The summed E-state index contributed by atoms with van der Waals surface area (Å²) in [4.78, 5) is 12.0. The van der Waals surface area contributed by atoms with Crippen LogP contribution in [0.4, 0.5) is 0 Å². The van der Waals surface area contributed by atoms with Crippen LogP contribution in [0, 0.1) is 4.91 Å². The molecular formula is C12H26NOW. The van der Waals surface area contributed by atoms with Crippen LogP contribution < -0.4 is 0 Å². The van der Waals surface area contributed by atoms with E-state index in [1.165, 1.54) is 3.96 Å². The van der Waals surface area contributed by atoms with Gasteiger partial charge in [-0.2, -0.15) is 0 Å². The average molecular weight is 384 g/mol. The molecule has 1 aliphatic rings. The van der Waals surface area contributed by atoms with Crippen molar-refractivity contribution in [3.05, 3.63) is 27.1 Å². The molecule has 91 valence electrons.